The minimum Gasteiger partial charge on any atom is -0.480 e. The smallest absolute Gasteiger partial charge is 0.323 e. The molecule has 4 nitrogen and oxygen atoms in total. The predicted octanol–water partition coefficient (Wildman–Crippen LogP) is 3.38. The molecule has 3 rings (SSSR count). The molecule has 100 valence electrons. The number of benzene rings is 1. The van der Waals surface area contributed by atoms with Gasteiger partial charge in [0.25, 0.3) is 0 Å². The fourth-order valence-corrected chi connectivity index (χ4v) is 2.53. The first-order chi connectivity index (χ1) is 9.04. The van der Waals surface area contributed by atoms with Crippen molar-refractivity contribution < 1.29 is 9.90 Å². The molecule has 0 radical (unpaired) electrons. The maximum absolute atomic E-state index is 11.0. The van der Waals surface area contributed by atoms with Gasteiger partial charge >= 0.3 is 5.97 Å². The maximum Gasteiger partial charge on any atom is 0.323 e. The normalized spacial score (nSPS) is 15.1. The Balaban J connectivity index is 2.13. The summed E-state index contributed by atoms with van der Waals surface area (Å²) in [6.45, 7) is -0.101. The van der Waals surface area contributed by atoms with Gasteiger partial charge in [0, 0.05) is 6.42 Å². The summed E-state index contributed by atoms with van der Waals surface area (Å²) in [4.78, 5) is 15.5. The van der Waals surface area contributed by atoms with E-state index in [4.69, 9.17) is 28.3 Å². The summed E-state index contributed by atoms with van der Waals surface area (Å²) in [7, 11) is 0. The van der Waals surface area contributed by atoms with Crippen molar-refractivity contribution >= 4 is 40.2 Å². The first-order valence-corrected chi connectivity index (χ1v) is 6.86. The summed E-state index contributed by atoms with van der Waals surface area (Å²) < 4.78 is 1.72. The quantitative estimate of drug-likeness (QED) is 0.941. The van der Waals surface area contributed by atoms with Gasteiger partial charge in [-0.1, -0.05) is 23.2 Å². The van der Waals surface area contributed by atoms with Crippen LogP contribution in [-0.2, 0) is 17.8 Å². The van der Waals surface area contributed by atoms with Crippen molar-refractivity contribution in [2.75, 3.05) is 0 Å². The lowest BCUT2D eigenvalue weighted by atomic mass is 10.3. The van der Waals surface area contributed by atoms with Crippen molar-refractivity contribution in [2.24, 2.45) is 5.92 Å². The molecule has 2 aromatic rings. The van der Waals surface area contributed by atoms with Crippen LogP contribution in [0.1, 0.15) is 18.7 Å². The number of carboxylic acid groups (broad SMARTS) is 1. The Labute approximate surface area is 119 Å². The van der Waals surface area contributed by atoms with Crippen LogP contribution in [0.25, 0.3) is 11.0 Å². The third-order valence-corrected chi connectivity index (χ3v) is 4.05. The van der Waals surface area contributed by atoms with Gasteiger partial charge in [0.05, 0.1) is 21.1 Å². The van der Waals surface area contributed by atoms with Gasteiger partial charge in [0.2, 0.25) is 0 Å². The highest BCUT2D eigenvalue weighted by atomic mass is 35.5. The zero-order valence-electron chi connectivity index (χ0n) is 10.1. The fourth-order valence-electron chi connectivity index (χ4n) is 2.22. The highest BCUT2D eigenvalue weighted by molar-refractivity contribution is 6.42. The highest BCUT2D eigenvalue weighted by Gasteiger charge is 2.25. The molecule has 1 heterocycles. The second kappa shape index (κ2) is 4.69. The lowest BCUT2D eigenvalue weighted by molar-refractivity contribution is -0.137. The van der Waals surface area contributed by atoms with E-state index >= 15 is 0 Å². The standard InChI is InChI=1S/C13H12Cl2N2O2/c14-8-4-10-11(5-9(8)15)17(6-13(18)19)12(16-10)3-7-1-2-7/h4-5,7H,1-3,6H2,(H,18,19). The predicted molar refractivity (Wildman–Crippen MR) is 73.8 cm³/mol. The number of aliphatic carboxylic acids is 1. The number of hydrogen-bond donors (Lipinski definition) is 1. The molecule has 0 amide bonds. The van der Waals surface area contributed by atoms with Crippen molar-refractivity contribution in [1.82, 2.24) is 9.55 Å². The van der Waals surface area contributed by atoms with Crippen LogP contribution in [0.2, 0.25) is 10.0 Å². The summed E-state index contributed by atoms with van der Waals surface area (Å²) in [6, 6.07) is 3.37. The largest absolute Gasteiger partial charge is 0.480 e. The molecule has 1 aliphatic rings. The molecule has 0 unspecified atom stereocenters. The average molecular weight is 299 g/mol. The molecule has 0 saturated heterocycles. The van der Waals surface area contributed by atoms with E-state index in [9.17, 15) is 4.79 Å². The third-order valence-electron chi connectivity index (χ3n) is 3.33. The summed E-state index contributed by atoms with van der Waals surface area (Å²) in [5, 5.41) is 9.89. The zero-order valence-corrected chi connectivity index (χ0v) is 11.6. The molecular weight excluding hydrogens is 287 g/mol. The van der Waals surface area contributed by atoms with Crippen LogP contribution < -0.4 is 0 Å². The molecule has 0 atom stereocenters. The molecule has 1 aliphatic carbocycles. The van der Waals surface area contributed by atoms with Crippen LogP contribution in [0.5, 0.6) is 0 Å². The third kappa shape index (κ3) is 2.55. The Hall–Kier alpha value is -1.26. The Kier molecular flexibility index (Phi) is 3.15. The number of aromatic nitrogens is 2. The minimum absolute atomic E-state index is 0.101. The van der Waals surface area contributed by atoms with Gasteiger partial charge in [-0.05, 0) is 30.9 Å². The van der Waals surface area contributed by atoms with Crippen LogP contribution in [0.4, 0.5) is 0 Å². The number of carboxylic acids is 1. The van der Waals surface area contributed by atoms with E-state index in [0.29, 0.717) is 21.5 Å². The summed E-state index contributed by atoms with van der Waals surface area (Å²) in [6.07, 6.45) is 3.20. The second-order valence-electron chi connectivity index (χ2n) is 4.91. The highest BCUT2D eigenvalue weighted by Crippen LogP contribution is 2.34. The monoisotopic (exact) mass is 298 g/mol. The topological polar surface area (TPSA) is 55.1 Å². The zero-order chi connectivity index (χ0) is 13.6. The van der Waals surface area contributed by atoms with E-state index in [1.54, 1.807) is 16.7 Å². The number of imidazole rings is 1. The number of carbonyl (C=O) groups is 1. The van der Waals surface area contributed by atoms with Crippen LogP contribution in [0, 0.1) is 5.92 Å². The lowest BCUT2D eigenvalue weighted by Crippen LogP contribution is -2.12. The van der Waals surface area contributed by atoms with Gasteiger partial charge in [-0.15, -0.1) is 0 Å². The average Bonchev–Trinajstić information content (AvgIpc) is 3.08. The van der Waals surface area contributed by atoms with Gasteiger partial charge < -0.3 is 9.67 Å². The van der Waals surface area contributed by atoms with Crippen molar-refractivity contribution in [1.29, 1.82) is 0 Å². The Morgan fingerprint density at radius 3 is 2.68 bits per heavy atom. The molecule has 6 heteroatoms. The van der Waals surface area contributed by atoms with Gasteiger partial charge in [-0.3, -0.25) is 4.79 Å². The Morgan fingerprint density at radius 2 is 2.05 bits per heavy atom. The fraction of sp³-hybridized carbons (Fsp3) is 0.385. The van der Waals surface area contributed by atoms with Crippen molar-refractivity contribution in [3.05, 3.63) is 28.0 Å². The van der Waals surface area contributed by atoms with Crippen molar-refractivity contribution in [3.8, 4) is 0 Å². The molecule has 0 aliphatic heterocycles. The van der Waals surface area contributed by atoms with Crippen molar-refractivity contribution in [2.45, 2.75) is 25.8 Å². The number of nitrogens with zero attached hydrogens (tertiary/aromatic N) is 2. The van der Waals surface area contributed by atoms with Gasteiger partial charge in [0.15, 0.2) is 0 Å². The molecule has 1 saturated carbocycles. The Bertz CT molecular complexity index is 662. The number of fused-ring (bicyclic) bond motifs is 1. The van der Waals surface area contributed by atoms with Crippen LogP contribution in [0.3, 0.4) is 0 Å². The van der Waals surface area contributed by atoms with Crippen LogP contribution in [-0.4, -0.2) is 20.6 Å². The molecular formula is C13H12Cl2N2O2. The van der Waals surface area contributed by atoms with Gasteiger partial charge in [0.1, 0.15) is 12.4 Å². The van der Waals surface area contributed by atoms with E-state index in [1.165, 1.54) is 12.8 Å². The van der Waals surface area contributed by atoms with E-state index < -0.39 is 5.97 Å². The molecule has 19 heavy (non-hydrogen) atoms. The van der Waals surface area contributed by atoms with E-state index in [0.717, 1.165) is 17.8 Å². The summed E-state index contributed by atoms with van der Waals surface area (Å²) >= 11 is 12.0. The second-order valence-corrected chi connectivity index (χ2v) is 5.72. The molecule has 1 N–H and O–H groups in total. The summed E-state index contributed by atoms with van der Waals surface area (Å²) in [5.41, 5.74) is 1.43. The maximum atomic E-state index is 11.0. The first-order valence-electron chi connectivity index (χ1n) is 6.10. The lowest BCUT2D eigenvalue weighted by Gasteiger charge is -2.06. The van der Waals surface area contributed by atoms with Crippen LogP contribution >= 0.6 is 23.2 Å². The van der Waals surface area contributed by atoms with Crippen molar-refractivity contribution in [3.63, 3.8) is 0 Å². The Morgan fingerprint density at radius 1 is 1.37 bits per heavy atom. The molecule has 1 fully saturated rings. The number of hydrogen-bond acceptors (Lipinski definition) is 2. The van der Waals surface area contributed by atoms with Gasteiger partial charge in [-0.25, -0.2) is 4.98 Å². The minimum atomic E-state index is -0.887. The number of halogens is 2. The van der Waals surface area contributed by atoms with E-state index in [-0.39, 0.29) is 6.54 Å². The molecule has 1 aromatic carbocycles. The molecule has 1 aromatic heterocycles. The summed E-state index contributed by atoms with van der Waals surface area (Å²) in [5.74, 6) is 0.552. The SMILES string of the molecule is O=C(O)Cn1c(CC2CC2)nc2cc(Cl)c(Cl)cc21. The molecule has 0 bridgehead atoms. The number of rotatable bonds is 4. The van der Waals surface area contributed by atoms with Gasteiger partial charge in [-0.2, -0.15) is 0 Å². The molecule has 0 spiro atoms. The van der Waals surface area contributed by atoms with E-state index in [2.05, 4.69) is 4.98 Å². The first kappa shape index (κ1) is 12.8. The van der Waals surface area contributed by atoms with Crippen LogP contribution in [0.15, 0.2) is 12.1 Å². The van der Waals surface area contributed by atoms with E-state index in [1.807, 2.05) is 0 Å².